The fraction of sp³-hybridized carbons (Fsp3) is 0.405. The molecule has 3 saturated heterocycles. The zero-order valence-electron chi connectivity index (χ0n) is 55.4. The average molecular weight is 1410 g/mol. The summed E-state index contributed by atoms with van der Waals surface area (Å²) in [5.41, 5.74) is 12.4. The molecule has 0 saturated carbocycles. The molecule has 3 aromatic heterocycles. The van der Waals surface area contributed by atoms with Crippen LogP contribution in [-0.2, 0) is 42.6 Å². The number of H-pyrrole nitrogens is 2. The Morgan fingerprint density at radius 2 is 0.578 bits per heavy atom. The van der Waals surface area contributed by atoms with Crippen LogP contribution in [0.5, 0.6) is 17.2 Å². The molecule has 8 bridgehead atoms. The third-order valence-corrected chi connectivity index (χ3v) is 17.8. The van der Waals surface area contributed by atoms with E-state index in [4.69, 9.17) is 66.8 Å². The molecule has 3 fully saturated rings. The second kappa shape index (κ2) is 35.0. The zero-order chi connectivity index (χ0) is 71.2. The summed E-state index contributed by atoms with van der Waals surface area (Å²) in [6, 6.07) is 41.2. The molecule has 8 heterocycles. The lowest BCUT2D eigenvalue weighted by Gasteiger charge is -2.39. The maximum atomic E-state index is 10.3. The Balaban J connectivity index is 0.817. The van der Waals surface area contributed by atoms with Crippen molar-refractivity contribution in [3.8, 4) is 61.8 Å². The number of aromatic nitrogens is 4. The fourth-order valence-corrected chi connectivity index (χ4v) is 12.4. The standard InChI is InChI=1S/C74H84N4O24/c79-38-56-63(82)66(85)69(88)72(100-56)97-35-29-91-26-32-94-45-12-6-42(7-13-45)60-50-20-18-48(75-50)59(41-4-2-1-3-5-41)49-19-21-51(76-49)61(43-8-14-46(15-9-43)95-33-27-92-30-36-98-73-70(89)67(86)64(83)57(39-80)101-73)53-23-25-55(78-53)62(54-24-22-52(60)77-54)44-10-16-47(17-11-44)96-34-28-93-31-37-99-74-71(90)68(87)65(84)58(40-81)102-74/h1-25,56-58,63-76,79-90H,26-40H2/t56-,57-,58-,63+,64+,65+,66+,67+,68+,69-,70-,71-,72-,73-,74-/m1/s1. The summed E-state index contributed by atoms with van der Waals surface area (Å²) in [7, 11) is 0. The molecular formula is C74H84N4O24. The molecule has 5 aliphatic heterocycles. The van der Waals surface area contributed by atoms with E-state index >= 15 is 0 Å². The van der Waals surface area contributed by atoms with Crippen LogP contribution in [0.1, 0.15) is 22.8 Å². The van der Waals surface area contributed by atoms with Crippen molar-refractivity contribution in [3.63, 3.8) is 0 Å². The first-order valence-electron chi connectivity index (χ1n) is 33.6. The van der Waals surface area contributed by atoms with Crippen molar-refractivity contribution in [1.29, 1.82) is 0 Å². The van der Waals surface area contributed by atoms with Crippen molar-refractivity contribution in [2.24, 2.45) is 0 Å². The van der Waals surface area contributed by atoms with Crippen molar-refractivity contribution in [2.45, 2.75) is 92.1 Å². The summed E-state index contributed by atoms with van der Waals surface area (Å²) in [6.07, 6.45) is -12.9. The van der Waals surface area contributed by atoms with Crippen molar-refractivity contribution in [1.82, 2.24) is 19.9 Å². The predicted molar refractivity (Wildman–Crippen MR) is 369 cm³/mol. The minimum atomic E-state index is -1.56. The van der Waals surface area contributed by atoms with Gasteiger partial charge in [-0.15, -0.1) is 0 Å². The minimum Gasteiger partial charge on any atom is -0.491 e. The van der Waals surface area contributed by atoms with Crippen LogP contribution in [0.15, 0.2) is 127 Å². The van der Waals surface area contributed by atoms with Crippen LogP contribution in [0.25, 0.3) is 90.9 Å². The molecule has 14 N–H and O–H groups in total. The zero-order valence-corrected chi connectivity index (χ0v) is 55.4. The van der Waals surface area contributed by atoms with Gasteiger partial charge in [0.2, 0.25) is 0 Å². The molecule has 0 radical (unpaired) electrons. The number of fused-ring (bicyclic) bond motifs is 8. The van der Waals surface area contributed by atoms with Gasteiger partial charge in [-0.05, 0) is 107 Å². The number of hydrogen-bond acceptors (Lipinski definition) is 26. The highest BCUT2D eigenvalue weighted by atomic mass is 16.7. The highest BCUT2D eigenvalue weighted by molar-refractivity contribution is 6.00. The normalized spacial score (nSPS) is 25.6. The van der Waals surface area contributed by atoms with Gasteiger partial charge in [-0.2, -0.15) is 0 Å². The highest BCUT2D eigenvalue weighted by Crippen LogP contribution is 2.40. The maximum Gasteiger partial charge on any atom is 0.186 e. The SMILES string of the molecule is OC[C@H]1O[C@@H](OCCOCCOc2ccc(-c3c4nc(c(-c5ccc(OCCOCCO[C@@H]6O[C@H](CO)[C@H](O)[C@H](O)[C@H]6O)cc5)c5ccc([nH]5)c(-c5ccccc5)c5ccc([nH]5)c(-c5ccc(OCCOCCO[C@@H]6O[C@H](CO)[C@H](O)[C@H](O)[C@H]6O)cc5)c5nc3C=C5)C=C4)cc2)[C@H](O)[C@@H](O)[C@H]1O. The van der Waals surface area contributed by atoms with E-state index in [1.807, 2.05) is 127 Å². The van der Waals surface area contributed by atoms with Gasteiger partial charge in [0.1, 0.15) is 110 Å². The molecule has 28 heteroatoms. The molecule has 544 valence electrons. The third kappa shape index (κ3) is 17.3. The van der Waals surface area contributed by atoms with Crippen molar-refractivity contribution in [2.75, 3.05) is 99.1 Å². The summed E-state index contributed by atoms with van der Waals surface area (Å²) < 4.78 is 68.4. The average Bonchev–Trinajstić information content (AvgIpc) is 1.61. The van der Waals surface area contributed by atoms with Crippen LogP contribution in [0.2, 0.25) is 0 Å². The van der Waals surface area contributed by atoms with Gasteiger partial charge < -0.3 is 128 Å². The van der Waals surface area contributed by atoms with E-state index in [0.717, 1.165) is 66.6 Å². The monoisotopic (exact) mass is 1410 g/mol. The Kier molecular flexibility index (Phi) is 25.3. The van der Waals surface area contributed by atoms with Gasteiger partial charge in [0, 0.05) is 44.3 Å². The van der Waals surface area contributed by atoms with E-state index in [1.165, 1.54) is 0 Å². The second-order valence-electron chi connectivity index (χ2n) is 24.5. The van der Waals surface area contributed by atoms with E-state index in [1.54, 1.807) is 0 Å². The van der Waals surface area contributed by atoms with Crippen LogP contribution >= 0.6 is 0 Å². The number of aromatic amines is 2. The maximum absolute atomic E-state index is 10.3. The van der Waals surface area contributed by atoms with Gasteiger partial charge >= 0.3 is 0 Å². The van der Waals surface area contributed by atoms with Gasteiger partial charge in [-0.3, -0.25) is 0 Å². The molecule has 5 aliphatic rings. The third-order valence-electron chi connectivity index (χ3n) is 17.8. The first kappa shape index (κ1) is 73.8. The Bertz CT molecular complexity index is 3890. The summed E-state index contributed by atoms with van der Waals surface area (Å²) >= 11 is 0. The molecule has 0 aliphatic carbocycles. The van der Waals surface area contributed by atoms with E-state index in [9.17, 15) is 61.3 Å². The Morgan fingerprint density at radius 1 is 0.294 bits per heavy atom. The largest absolute Gasteiger partial charge is 0.491 e. The number of benzene rings is 4. The number of nitrogens with zero attached hydrogens (tertiary/aromatic N) is 2. The van der Waals surface area contributed by atoms with Crippen LogP contribution in [0, 0.1) is 0 Å². The van der Waals surface area contributed by atoms with Crippen molar-refractivity contribution < 1.29 is 118 Å². The number of aliphatic hydroxyl groups is 12. The molecule has 4 aromatic carbocycles. The van der Waals surface area contributed by atoms with Crippen molar-refractivity contribution >= 4 is 46.4 Å². The Labute approximate surface area is 585 Å². The Hall–Kier alpha value is -7.96. The van der Waals surface area contributed by atoms with Crippen molar-refractivity contribution in [3.05, 3.63) is 150 Å². The van der Waals surface area contributed by atoms with E-state index in [0.29, 0.717) is 40.0 Å². The molecule has 15 atom stereocenters. The lowest BCUT2D eigenvalue weighted by molar-refractivity contribution is -0.302. The fourth-order valence-electron chi connectivity index (χ4n) is 12.4. The molecule has 12 rings (SSSR count). The molecule has 0 amide bonds. The van der Waals surface area contributed by atoms with Gasteiger partial charge in [-0.25, -0.2) is 9.97 Å². The summed E-state index contributed by atoms with van der Waals surface area (Å²) in [6.45, 7) is -0.336. The molecule has 102 heavy (non-hydrogen) atoms. The van der Waals surface area contributed by atoms with E-state index < -0.39 is 112 Å². The highest BCUT2D eigenvalue weighted by Gasteiger charge is 2.46. The quantitative estimate of drug-likeness (QED) is 0.0278. The van der Waals surface area contributed by atoms with Gasteiger partial charge in [-0.1, -0.05) is 66.7 Å². The van der Waals surface area contributed by atoms with Gasteiger partial charge in [0.05, 0.1) is 102 Å². The van der Waals surface area contributed by atoms with Crippen LogP contribution in [0.3, 0.4) is 0 Å². The van der Waals surface area contributed by atoms with Crippen LogP contribution < -0.4 is 14.2 Å². The van der Waals surface area contributed by atoms with Gasteiger partial charge in [0.15, 0.2) is 18.9 Å². The number of hydrogen-bond donors (Lipinski definition) is 14. The first-order chi connectivity index (χ1) is 49.7. The number of aliphatic hydroxyl groups excluding tert-OH is 12. The molecule has 0 spiro atoms. The molecule has 28 nitrogen and oxygen atoms in total. The number of rotatable bonds is 31. The first-order valence-corrected chi connectivity index (χ1v) is 33.6. The second-order valence-corrected chi connectivity index (χ2v) is 24.5. The smallest absolute Gasteiger partial charge is 0.186 e. The van der Waals surface area contributed by atoms with Crippen LogP contribution in [0.4, 0.5) is 0 Å². The van der Waals surface area contributed by atoms with E-state index in [2.05, 4.69) is 34.2 Å². The molecule has 0 unspecified atom stereocenters. The molecule has 7 aromatic rings. The minimum absolute atomic E-state index is 0.00754. The summed E-state index contributed by atoms with van der Waals surface area (Å²) in [4.78, 5) is 18.5. The number of ether oxygens (including phenoxy) is 12. The Morgan fingerprint density at radius 3 is 0.902 bits per heavy atom. The summed E-state index contributed by atoms with van der Waals surface area (Å²) in [5, 5.41) is 120. The van der Waals surface area contributed by atoms with E-state index in [-0.39, 0.29) is 79.3 Å². The lowest BCUT2D eigenvalue weighted by Crippen LogP contribution is -2.59. The number of nitrogens with one attached hydrogen (secondary N) is 2. The predicted octanol–water partition coefficient (Wildman–Crippen LogP) is 2.96. The van der Waals surface area contributed by atoms with Gasteiger partial charge in [0.25, 0.3) is 0 Å². The lowest BCUT2D eigenvalue weighted by atomic mass is 9.99. The van der Waals surface area contributed by atoms with Crippen LogP contribution in [-0.4, -0.2) is 272 Å². The topological polar surface area (TPSA) is 411 Å². The summed E-state index contributed by atoms with van der Waals surface area (Å²) in [5.74, 6) is 1.72. The molecular weight excluding hydrogens is 1330 g/mol.